The maximum atomic E-state index is 11.8. The number of fused-ring (bicyclic) bond motifs is 3. The molecule has 0 spiro atoms. The SMILES string of the molecule is NC(=O)c1ncn2c1CN=C(c1ccccc1Br)c1cc(C3CC3)ccc1-2. The molecule has 0 unspecified atom stereocenters. The van der Waals surface area contributed by atoms with Crippen molar-refractivity contribution in [2.24, 2.45) is 10.7 Å². The molecule has 5 rings (SSSR count). The van der Waals surface area contributed by atoms with Crippen LogP contribution in [0.4, 0.5) is 0 Å². The Kier molecular flexibility index (Phi) is 3.75. The van der Waals surface area contributed by atoms with E-state index in [4.69, 9.17) is 10.7 Å². The second-order valence-corrected chi connectivity index (χ2v) is 7.82. The summed E-state index contributed by atoms with van der Waals surface area (Å²) in [5.41, 5.74) is 11.9. The van der Waals surface area contributed by atoms with E-state index in [1.807, 2.05) is 22.8 Å². The lowest BCUT2D eigenvalue weighted by molar-refractivity contribution is 0.0995. The van der Waals surface area contributed by atoms with Crippen molar-refractivity contribution in [3.8, 4) is 5.69 Å². The number of carbonyl (C=O) groups excluding carboxylic acids is 1. The number of imidazole rings is 1. The minimum Gasteiger partial charge on any atom is -0.364 e. The van der Waals surface area contributed by atoms with Gasteiger partial charge in [0, 0.05) is 15.6 Å². The summed E-state index contributed by atoms with van der Waals surface area (Å²) < 4.78 is 2.94. The number of amides is 1. The Labute approximate surface area is 165 Å². The van der Waals surface area contributed by atoms with Crippen LogP contribution in [0.5, 0.6) is 0 Å². The van der Waals surface area contributed by atoms with E-state index in [0.29, 0.717) is 12.5 Å². The monoisotopic (exact) mass is 420 g/mol. The number of nitrogens with zero attached hydrogens (tertiary/aromatic N) is 3. The van der Waals surface area contributed by atoms with Crippen LogP contribution in [0.25, 0.3) is 5.69 Å². The first-order valence-corrected chi connectivity index (χ1v) is 9.73. The summed E-state index contributed by atoms with van der Waals surface area (Å²) in [6, 6.07) is 14.6. The molecule has 2 aliphatic rings. The third-order valence-corrected chi connectivity index (χ3v) is 5.89. The molecule has 134 valence electrons. The van der Waals surface area contributed by atoms with Crippen molar-refractivity contribution in [2.75, 3.05) is 0 Å². The van der Waals surface area contributed by atoms with Crippen molar-refractivity contribution in [3.63, 3.8) is 0 Å². The van der Waals surface area contributed by atoms with Gasteiger partial charge in [-0.1, -0.05) is 40.2 Å². The lowest BCUT2D eigenvalue weighted by Crippen LogP contribution is -2.14. The van der Waals surface area contributed by atoms with Crippen LogP contribution >= 0.6 is 15.9 Å². The number of rotatable bonds is 3. The van der Waals surface area contributed by atoms with Gasteiger partial charge in [0.15, 0.2) is 5.69 Å². The summed E-state index contributed by atoms with van der Waals surface area (Å²) in [6.45, 7) is 0.350. The normalized spacial score (nSPS) is 15.5. The van der Waals surface area contributed by atoms with Gasteiger partial charge in [0.25, 0.3) is 5.91 Å². The molecular formula is C21H17BrN4O. The Hall–Kier alpha value is -2.73. The fourth-order valence-corrected chi connectivity index (χ4v) is 4.16. The summed E-state index contributed by atoms with van der Waals surface area (Å²) in [4.78, 5) is 20.9. The van der Waals surface area contributed by atoms with E-state index in [1.165, 1.54) is 18.4 Å². The molecule has 1 aliphatic heterocycles. The highest BCUT2D eigenvalue weighted by atomic mass is 79.9. The van der Waals surface area contributed by atoms with E-state index in [0.717, 1.165) is 32.7 Å². The Morgan fingerprint density at radius 3 is 2.70 bits per heavy atom. The molecule has 1 saturated carbocycles. The number of hydrogen-bond acceptors (Lipinski definition) is 3. The number of halogens is 1. The van der Waals surface area contributed by atoms with Crippen molar-refractivity contribution in [1.29, 1.82) is 0 Å². The van der Waals surface area contributed by atoms with Gasteiger partial charge >= 0.3 is 0 Å². The largest absolute Gasteiger partial charge is 0.364 e. The molecule has 0 saturated heterocycles. The highest BCUT2D eigenvalue weighted by Gasteiger charge is 2.28. The highest BCUT2D eigenvalue weighted by Crippen LogP contribution is 2.41. The fraction of sp³-hybridized carbons (Fsp3) is 0.190. The third kappa shape index (κ3) is 2.72. The molecule has 1 fully saturated rings. The van der Waals surface area contributed by atoms with Gasteiger partial charge in [-0.15, -0.1) is 0 Å². The summed E-state index contributed by atoms with van der Waals surface area (Å²) in [7, 11) is 0. The number of primary amides is 1. The van der Waals surface area contributed by atoms with E-state index in [-0.39, 0.29) is 5.69 Å². The molecule has 1 aromatic heterocycles. The van der Waals surface area contributed by atoms with Crippen molar-refractivity contribution < 1.29 is 4.79 Å². The van der Waals surface area contributed by atoms with Crippen molar-refractivity contribution >= 4 is 27.5 Å². The quantitative estimate of drug-likeness (QED) is 0.695. The maximum Gasteiger partial charge on any atom is 0.269 e. The van der Waals surface area contributed by atoms with Crippen LogP contribution in [0.15, 0.2) is 58.3 Å². The Balaban J connectivity index is 1.77. The van der Waals surface area contributed by atoms with Crippen LogP contribution in [-0.4, -0.2) is 21.2 Å². The van der Waals surface area contributed by atoms with Crippen LogP contribution in [-0.2, 0) is 6.54 Å². The minimum absolute atomic E-state index is 0.282. The second kappa shape index (κ2) is 6.16. The standard InChI is InChI=1S/C21H17BrN4O/c22-16-4-2-1-3-14(16)19-15-9-13(12-5-6-12)7-8-17(15)26-11-25-20(21(23)27)18(26)10-24-19/h1-4,7-9,11-12H,5-6,10H2,(H2,23,27). The van der Waals surface area contributed by atoms with E-state index in [2.05, 4.69) is 45.2 Å². The lowest BCUT2D eigenvalue weighted by atomic mass is 9.97. The molecule has 0 atom stereocenters. The number of carbonyl (C=O) groups is 1. The molecule has 0 bridgehead atoms. The van der Waals surface area contributed by atoms with Crippen LogP contribution in [0, 0.1) is 0 Å². The molecule has 27 heavy (non-hydrogen) atoms. The van der Waals surface area contributed by atoms with E-state index in [1.54, 1.807) is 6.33 Å². The van der Waals surface area contributed by atoms with Gasteiger partial charge in [0.05, 0.1) is 23.6 Å². The number of aliphatic imine (C=N–C) groups is 1. The molecule has 1 aliphatic carbocycles. The summed E-state index contributed by atoms with van der Waals surface area (Å²) >= 11 is 3.66. The van der Waals surface area contributed by atoms with E-state index in [9.17, 15) is 4.79 Å². The fourth-order valence-electron chi connectivity index (χ4n) is 3.68. The number of aromatic nitrogens is 2. The highest BCUT2D eigenvalue weighted by molar-refractivity contribution is 9.10. The minimum atomic E-state index is -0.528. The molecule has 5 nitrogen and oxygen atoms in total. The molecule has 2 aromatic carbocycles. The average Bonchev–Trinajstić information content (AvgIpc) is 3.45. The molecule has 1 amide bonds. The first kappa shape index (κ1) is 16.4. The van der Waals surface area contributed by atoms with Crippen molar-refractivity contribution in [1.82, 2.24) is 9.55 Å². The van der Waals surface area contributed by atoms with E-state index >= 15 is 0 Å². The molecule has 6 heteroatoms. The molecule has 2 heterocycles. The first-order valence-electron chi connectivity index (χ1n) is 8.93. The molecule has 2 N–H and O–H groups in total. The van der Waals surface area contributed by atoms with Crippen LogP contribution in [0.3, 0.4) is 0 Å². The number of benzene rings is 2. The van der Waals surface area contributed by atoms with Gasteiger partial charge in [0.1, 0.15) is 6.33 Å². The van der Waals surface area contributed by atoms with Gasteiger partial charge in [-0.05, 0) is 42.5 Å². The van der Waals surface area contributed by atoms with Gasteiger partial charge in [-0.25, -0.2) is 4.98 Å². The maximum absolute atomic E-state index is 11.8. The lowest BCUT2D eigenvalue weighted by Gasteiger charge is -2.14. The third-order valence-electron chi connectivity index (χ3n) is 5.20. The Morgan fingerprint density at radius 2 is 1.96 bits per heavy atom. The van der Waals surface area contributed by atoms with Gasteiger partial charge in [-0.3, -0.25) is 14.4 Å². The Morgan fingerprint density at radius 1 is 1.15 bits per heavy atom. The predicted molar refractivity (Wildman–Crippen MR) is 108 cm³/mol. The van der Waals surface area contributed by atoms with Gasteiger partial charge < -0.3 is 5.73 Å². The zero-order valence-electron chi connectivity index (χ0n) is 14.5. The van der Waals surface area contributed by atoms with Crippen LogP contribution in [0.2, 0.25) is 0 Å². The average molecular weight is 421 g/mol. The van der Waals surface area contributed by atoms with E-state index < -0.39 is 5.91 Å². The topological polar surface area (TPSA) is 73.3 Å². The molecule has 3 aromatic rings. The Bertz CT molecular complexity index is 1110. The predicted octanol–water partition coefficient (Wildman–Crippen LogP) is 3.96. The number of hydrogen-bond donors (Lipinski definition) is 1. The van der Waals surface area contributed by atoms with Gasteiger partial charge in [-0.2, -0.15) is 0 Å². The first-order chi connectivity index (χ1) is 13.1. The summed E-state index contributed by atoms with van der Waals surface area (Å²) in [6.07, 6.45) is 4.15. The zero-order valence-corrected chi connectivity index (χ0v) is 16.1. The molecule has 0 radical (unpaired) electrons. The smallest absolute Gasteiger partial charge is 0.269 e. The summed E-state index contributed by atoms with van der Waals surface area (Å²) in [5, 5.41) is 0. The van der Waals surface area contributed by atoms with Crippen molar-refractivity contribution in [3.05, 3.63) is 81.3 Å². The summed E-state index contributed by atoms with van der Waals surface area (Å²) in [5.74, 6) is 0.113. The van der Waals surface area contributed by atoms with Gasteiger partial charge in [0.2, 0.25) is 0 Å². The molecular weight excluding hydrogens is 404 g/mol. The van der Waals surface area contributed by atoms with Crippen LogP contribution < -0.4 is 5.73 Å². The zero-order chi connectivity index (χ0) is 18.5. The van der Waals surface area contributed by atoms with Crippen molar-refractivity contribution in [2.45, 2.75) is 25.3 Å². The van der Waals surface area contributed by atoms with Crippen LogP contribution in [0.1, 0.15) is 51.6 Å². The second-order valence-electron chi connectivity index (χ2n) is 6.97. The number of nitrogens with two attached hydrogens (primary N) is 1.